The molecule has 2 fully saturated rings. The Labute approximate surface area is 113 Å². The van der Waals surface area contributed by atoms with E-state index in [1.165, 1.54) is 70.8 Å². The SMILES string of the molecule is CCCNC(CC1CCCO1)C1CCCCCC1. The van der Waals surface area contributed by atoms with Crippen LogP contribution in [0, 0.1) is 5.92 Å². The molecule has 0 aromatic heterocycles. The van der Waals surface area contributed by atoms with Crippen molar-refractivity contribution in [3.63, 3.8) is 0 Å². The first-order valence-corrected chi connectivity index (χ1v) is 8.25. The van der Waals surface area contributed by atoms with Crippen molar-refractivity contribution in [1.82, 2.24) is 5.32 Å². The van der Waals surface area contributed by atoms with Crippen LogP contribution in [0.3, 0.4) is 0 Å². The van der Waals surface area contributed by atoms with E-state index in [1.54, 1.807) is 0 Å². The highest BCUT2D eigenvalue weighted by molar-refractivity contribution is 4.82. The van der Waals surface area contributed by atoms with Gasteiger partial charge in [-0.15, -0.1) is 0 Å². The van der Waals surface area contributed by atoms with Gasteiger partial charge < -0.3 is 10.1 Å². The van der Waals surface area contributed by atoms with E-state index in [9.17, 15) is 0 Å². The minimum atomic E-state index is 0.544. The Bertz CT molecular complexity index is 205. The van der Waals surface area contributed by atoms with Gasteiger partial charge in [0.05, 0.1) is 6.10 Å². The minimum Gasteiger partial charge on any atom is -0.378 e. The van der Waals surface area contributed by atoms with Gasteiger partial charge in [-0.25, -0.2) is 0 Å². The Morgan fingerprint density at radius 2 is 1.83 bits per heavy atom. The molecule has 2 heteroatoms. The van der Waals surface area contributed by atoms with Crippen LogP contribution >= 0.6 is 0 Å². The first-order valence-electron chi connectivity index (χ1n) is 8.25. The summed E-state index contributed by atoms with van der Waals surface area (Å²) in [5.41, 5.74) is 0. The Hall–Kier alpha value is -0.0800. The van der Waals surface area contributed by atoms with Gasteiger partial charge in [0.1, 0.15) is 0 Å². The van der Waals surface area contributed by atoms with Gasteiger partial charge in [-0.3, -0.25) is 0 Å². The van der Waals surface area contributed by atoms with E-state index >= 15 is 0 Å². The second-order valence-electron chi connectivity index (χ2n) is 6.18. The van der Waals surface area contributed by atoms with Crippen molar-refractivity contribution in [1.29, 1.82) is 0 Å². The van der Waals surface area contributed by atoms with E-state index < -0.39 is 0 Å². The predicted octanol–water partition coefficient (Wildman–Crippen LogP) is 3.89. The van der Waals surface area contributed by atoms with Crippen molar-refractivity contribution in [2.24, 2.45) is 5.92 Å². The fourth-order valence-corrected chi connectivity index (χ4v) is 3.60. The van der Waals surface area contributed by atoms with Gasteiger partial charge >= 0.3 is 0 Å². The van der Waals surface area contributed by atoms with Crippen LogP contribution in [0.5, 0.6) is 0 Å². The minimum absolute atomic E-state index is 0.544. The van der Waals surface area contributed by atoms with Crippen molar-refractivity contribution in [3.8, 4) is 0 Å². The van der Waals surface area contributed by atoms with Gasteiger partial charge in [0.15, 0.2) is 0 Å². The summed E-state index contributed by atoms with van der Waals surface area (Å²) in [5, 5.41) is 3.81. The molecule has 0 spiro atoms. The van der Waals surface area contributed by atoms with Gasteiger partial charge in [-0.1, -0.05) is 32.6 Å². The fourth-order valence-electron chi connectivity index (χ4n) is 3.60. The molecule has 0 aromatic rings. The molecule has 0 amide bonds. The zero-order valence-corrected chi connectivity index (χ0v) is 12.1. The third kappa shape index (κ3) is 4.55. The lowest BCUT2D eigenvalue weighted by molar-refractivity contribution is 0.0852. The first kappa shape index (κ1) is 14.3. The molecule has 2 rings (SSSR count). The number of ether oxygens (including phenoxy) is 1. The van der Waals surface area contributed by atoms with Crippen LogP contribution in [0.15, 0.2) is 0 Å². The largest absolute Gasteiger partial charge is 0.378 e. The van der Waals surface area contributed by atoms with Crippen LogP contribution in [0.4, 0.5) is 0 Å². The van der Waals surface area contributed by atoms with E-state index in [0.29, 0.717) is 12.1 Å². The summed E-state index contributed by atoms with van der Waals surface area (Å²) < 4.78 is 5.85. The van der Waals surface area contributed by atoms with E-state index in [2.05, 4.69) is 12.2 Å². The lowest BCUT2D eigenvalue weighted by Crippen LogP contribution is -2.39. The van der Waals surface area contributed by atoms with Gasteiger partial charge in [-0.05, 0) is 51.0 Å². The highest BCUT2D eigenvalue weighted by atomic mass is 16.5. The van der Waals surface area contributed by atoms with E-state index in [-0.39, 0.29) is 0 Å². The van der Waals surface area contributed by atoms with Gasteiger partial charge in [-0.2, -0.15) is 0 Å². The van der Waals surface area contributed by atoms with Crippen LogP contribution in [0.2, 0.25) is 0 Å². The molecule has 0 bridgehead atoms. The van der Waals surface area contributed by atoms with Crippen molar-refractivity contribution in [2.45, 2.75) is 83.3 Å². The van der Waals surface area contributed by atoms with E-state index in [0.717, 1.165) is 12.5 Å². The van der Waals surface area contributed by atoms with Crippen LogP contribution in [0.1, 0.15) is 71.1 Å². The summed E-state index contributed by atoms with van der Waals surface area (Å²) in [7, 11) is 0. The molecule has 1 heterocycles. The molecule has 2 aliphatic rings. The summed E-state index contributed by atoms with van der Waals surface area (Å²) in [4.78, 5) is 0. The Morgan fingerprint density at radius 1 is 1.06 bits per heavy atom. The maximum atomic E-state index is 5.85. The summed E-state index contributed by atoms with van der Waals surface area (Å²) >= 11 is 0. The zero-order chi connectivity index (χ0) is 12.6. The Balaban J connectivity index is 1.84. The van der Waals surface area contributed by atoms with Crippen LogP contribution in [-0.2, 0) is 4.74 Å². The number of nitrogens with one attached hydrogen (secondary N) is 1. The molecule has 0 radical (unpaired) electrons. The molecule has 1 N–H and O–H groups in total. The van der Waals surface area contributed by atoms with Crippen LogP contribution in [-0.4, -0.2) is 25.3 Å². The standard InChI is InChI=1S/C16H31NO/c1-2-11-17-16(13-15-10-7-12-18-15)14-8-5-3-4-6-9-14/h14-17H,2-13H2,1H3. The molecule has 2 unspecified atom stereocenters. The van der Waals surface area contributed by atoms with Gasteiger partial charge in [0.25, 0.3) is 0 Å². The Kier molecular flexibility index (Phi) is 6.50. The number of rotatable bonds is 6. The molecule has 1 aliphatic carbocycles. The summed E-state index contributed by atoms with van der Waals surface area (Å²) in [6.45, 7) is 4.44. The summed E-state index contributed by atoms with van der Waals surface area (Å²) in [6, 6.07) is 0.714. The molecular weight excluding hydrogens is 222 g/mol. The highest BCUT2D eigenvalue weighted by Crippen LogP contribution is 2.29. The van der Waals surface area contributed by atoms with Crippen LogP contribution < -0.4 is 5.32 Å². The molecule has 1 saturated heterocycles. The molecule has 1 aliphatic heterocycles. The maximum absolute atomic E-state index is 5.85. The first-order chi connectivity index (χ1) is 8.90. The smallest absolute Gasteiger partial charge is 0.0590 e. The molecular formula is C16H31NO. The second-order valence-corrected chi connectivity index (χ2v) is 6.18. The topological polar surface area (TPSA) is 21.3 Å². The van der Waals surface area contributed by atoms with Gasteiger partial charge in [0.2, 0.25) is 0 Å². The Morgan fingerprint density at radius 3 is 2.44 bits per heavy atom. The average molecular weight is 253 g/mol. The molecule has 18 heavy (non-hydrogen) atoms. The van der Waals surface area contributed by atoms with Crippen LogP contribution in [0.25, 0.3) is 0 Å². The zero-order valence-electron chi connectivity index (χ0n) is 12.1. The number of hydrogen-bond donors (Lipinski definition) is 1. The summed E-state index contributed by atoms with van der Waals surface area (Å²) in [5.74, 6) is 0.906. The normalized spacial score (nSPS) is 28.2. The lowest BCUT2D eigenvalue weighted by atomic mass is 9.87. The molecule has 1 saturated carbocycles. The fraction of sp³-hybridized carbons (Fsp3) is 1.00. The maximum Gasteiger partial charge on any atom is 0.0590 e. The van der Waals surface area contributed by atoms with E-state index in [4.69, 9.17) is 4.74 Å². The highest BCUT2D eigenvalue weighted by Gasteiger charge is 2.27. The monoisotopic (exact) mass is 253 g/mol. The average Bonchev–Trinajstić information content (AvgIpc) is 2.74. The van der Waals surface area contributed by atoms with Gasteiger partial charge in [0, 0.05) is 12.6 Å². The molecule has 106 valence electrons. The second kappa shape index (κ2) is 8.16. The molecule has 2 atom stereocenters. The molecule has 2 nitrogen and oxygen atoms in total. The quantitative estimate of drug-likeness (QED) is 0.725. The number of hydrogen-bond acceptors (Lipinski definition) is 2. The van der Waals surface area contributed by atoms with Crippen molar-refractivity contribution < 1.29 is 4.74 Å². The third-order valence-corrected chi connectivity index (χ3v) is 4.67. The van der Waals surface area contributed by atoms with Crippen molar-refractivity contribution in [2.75, 3.05) is 13.2 Å². The summed E-state index contributed by atoms with van der Waals surface area (Å²) in [6.07, 6.45) is 14.3. The van der Waals surface area contributed by atoms with Crippen molar-refractivity contribution >= 4 is 0 Å². The third-order valence-electron chi connectivity index (χ3n) is 4.67. The predicted molar refractivity (Wildman–Crippen MR) is 76.9 cm³/mol. The van der Waals surface area contributed by atoms with Crippen molar-refractivity contribution in [3.05, 3.63) is 0 Å². The van der Waals surface area contributed by atoms with E-state index in [1.807, 2.05) is 0 Å². The lowest BCUT2D eigenvalue weighted by Gasteiger charge is -2.29. The molecule has 0 aromatic carbocycles.